The highest BCUT2D eigenvalue weighted by molar-refractivity contribution is 5.72. The fourth-order valence-electron chi connectivity index (χ4n) is 2.32. The Bertz CT molecular complexity index is 353. The molecule has 1 atom stereocenters. The molecule has 1 heterocycles. The van der Waals surface area contributed by atoms with E-state index >= 15 is 0 Å². The van der Waals surface area contributed by atoms with Gasteiger partial charge < -0.3 is 20.3 Å². The molecule has 1 aliphatic rings. The standard InChI is InChI=1S/C15H29N3O3/c1-12(19)16-8-9-17-13-6-5-10-18(11-7-13)14(20)21-15(2,3)4/h13,17H,5-11H2,1-4H3,(H,16,19). The van der Waals surface area contributed by atoms with Crippen molar-refractivity contribution < 1.29 is 14.3 Å². The minimum atomic E-state index is -0.445. The number of nitrogens with one attached hydrogen (secondary N) is 2. The topological polar surface area (TPSA) is 70.7 Å². The molecule has 0 aromatic rings. The average molecular weight is 299 g/mol. The molecule has 21 heavy (non-hydrogen) atoms. The number of amides is 2. The van der Waals surface area contributed by atoms with Crippen LogP contribution in [0.4, 0.5) is 4.79 Å². The van der Waals surface area contributed by atoms with Crippen LogP contribution in [0.25, 0.3) is 0 Å². The first-order valence-corrected chi connectivity index (χ1v) is 7.73. The van der Waals surface area contributed by atoms with Crippen LogP contribution in [0.3, 0.4) is 0 Å². The molecule has 6 heteroatoms. The Morgan fingerprint density at radius 1 is 1.19 bits per heavy atom. The molecule has 2 amide bonds. The molecule has 2 N–H and O–H groups in total. The number of hydrogen-bond acceptors (Lipinski definition) is 4. The Kier molecular flexibility index (Phi) is 6.95. The summed E-state index contributed by atoms with van der Waals surface area (Å²) >= 11 is 0. The molecule has 122 valence electrons. The van der Waals surface area contributed by atoms with Crippen molar-refractivity contribution in [2.45, 2.75) is 58.6 Å². The summed E-state index contributed by atoms with van der Waals surface area (Å²) in [5.74, 6) is -0.00577. The first kappa shape index (κ1) is 17.8. The highest BCUT2D eigenvalue weighted by Crippen LogP contribution is 2.15. The third-order valence-electron chi connectivity index (χ3n) is 3.31. The van der Waals surface area contributed by atoms with Gasteiger partial charge in [-0.15, -0.1) is 0 Å². The lowest BCUT2D eigenvalue weighted by atomic mass is 10.1. The molecule has 0 spiro atoms. The second kappa shape index (κ2) is 8.22. The number of carbonyl (C=O) groups is 2. The lowest BCUT2D eigenvalue weighted by molar-refractivity contribution is -0.118. The van der Waals surface area contributed by atoms with Gasteiger partial charge in [-0.2, -0.15) is 0 Å². The monoisotopic (exact) mass is 299 g/mol. The van der Waals surface area contributed by atoms with Gasteiger partial charge in [0, 0.05) is 39.1 Å². The predicted octanol–water partition coefficient (Wildman–Crippen LogP) is 1.50. The lowest BCUT2D eigenvalue weighted by Crippen LogP contribution is -2.39. The normalized spacial score (nSPS) is 19.8. The van der Waals surface area contributed by atoms with Crippen molar-refractivity contribution >= 4 is 12.0 Å². The zero-order valence-corrected chi connectivity index (χ0v) is 13.7. The molecule has 1 fully saturated rings. The molecule has 0 radical (unpaired) electrons. The predicted molar refractivity (Wildman–Crippen MR) is 82.1 cm³/mol. The van der Waals surface area contributed by atoms with Gasteiger partial charge in [0.15, 0.2) is 0 Å². The zero-order chi connectivity index (χ0) is 15.9. The number of carbonyl (C=O) groups excluding carboxylic acids is 2. The van der Waals surface area contributed by atoms with Crippen LogP contribution in [-0.2, 0) is 9.53 Å². The number of likely N-dealkylation sites (tertiary alicyclic amines) is 1. The maximum absolute atomic E-state index is 12.0. The van der Waals surface area contributed by atoms with E-state index in [9.17, 15) is 9.59 Å². The van der Waals surface area contributed by atoms with Crippen molar-refractivity contribution in [1.82, 2.24) is 15.5 Å². The molecule has 1 aliphatic heterocycles. The molecule has 1 saturated heterocycles. The fourth-order valence-corrected chi connectivity index (χ4v) is 2.32. The summed E-state index contributed by atoms with van der Waals surface area (Å²) in [6.45, 7) is 10.0. The Morgan fingerprint density at radius 2 is 1.90 bits per heavy atom. The first-order chi connectivity index (χ1) is 9.78. The van der Waals surface area contributed by atoms with Gasteiger partial charge in [0.2, 0.25) is 5.91 Å². The maximum atomic E-state index is 12.0. The first-order valence-electron chi connectivity index (χ1n) is 7.73. The summed E-state index contributed by atoms with van der Waals surface area (Å²) < 4.78 is 5.41. The van der Waals surface area contributed by atoms with Crippen LogP contribution in [0.1, 0.15) is 47.0 Å². The Balaban J connectivity index is 2.30. The van der Waals surface area contributed by atoms with E-state index in [4.69, 9.17) is 4.74 Å². The van der Waals surface area contributed by atoms with Crippen LogP contribution in [0.15, 0.2) is 0 Å². The molecule has 0 aliphatic carbocycles. The Hall–Kier alpha value is -1.30. The summed E-state index contributed by atoms with van der Waals surface area (Å²) in [7, 11) is 0. The maximum Gasteiger partial charge on any atom is 0.410 e. The van der Waals surface area contributed by atoms with Crippen molar-refractivity contribution in [2.75, 3.05) is 26.2 Å². The smallest absolute Gasteiger partial charge is 0.410 e. The zero-order valence-electron chi connectivity index (χ0n) is 13.7. The van der Waals surface area contributed by atoms with E-state index in [0.717, 1.165) is 32.4 Å². The van der Waals surface area contributed by atoms with E-state index in [-0.39, 0.29) is 12.0 Å². The van der Waals surface area contributed by atoms with E-state index in [1.54, 1.807) is 4.90 Å². The second-order valence-corrected chi connectivity index (χ2v) is 6.53. The summed E-state index contributed by atoms with van der Waals surface area (Å²) in [4.78, 5) is 24.6. The van der Waals surface area contributed by atoms with Crippen molar-refractivity contribution in [3.63, 3.8) is 0 Å². The average Bonchev–Trinajstić information content (AvgIpc) is 2.58. The minimum Gasteiger partial charge on any atom is -0.444 e. The largest absolute Gasteiger partial charge is 0.444 e. The van der Waals surface area contributed by atoms with Gasteiger partial charge >= 0.3 is 6.09 Å². The third-order valence-corrected chi connectivity index (χ3v) is 3.31. The number of rotatable bonds is 4. The molecular formula is C15H29N3O3. The van der Waals surface area contributed by atoms with Crippen LogP contribution in [0, 0.1) is 0 Å². The second-order valence-electron chi connectivity index (χ2n) is 6.53. The van der Waals surface area contributed by atoms with Gasteiger partial charge in [-0.3, -0.25) is 4.79 Å². The van der Waals surface area contributed by atoms with Crippen molar-refractivity contribution in [3.05, 3.63) is 0 Å². The number of nitrogens with zero attached hydrogens (tertiary/aromatic N) is 1. The summed E-state index contributed by atoms with van der Waals surface area (Å²) in [6, 6.07) is 0.395. The van der Waals surface area contributed by atoms with Crippen molar-refractivity contribution in [3.8, 4) is 0 Å². The van der Waals surface area contributed by atoms with Crippen LogP contribution >= 0.6 is 0 Å². The van der Waals surface area contributed by atoms with Gasteiger partial charge in [0.25, 0.3) is 0 Å². The fraction of sp³-hybridized carbons (Fsp3) is 0.867. The SMILES string of the molecule is CC(=O)NCCNC1CCCN(C(=O)OC(C)(C)C)CC1. The van der Waals surface area contributed by atoms with Gasteiger partial charge in [-0.05, 0) is 40.0 Å². The summed E-state index contributed by atoms with van der Waals surface area (Å²) in [5.41, 5.74) is -0.445. The van der Waals surface area contributed by atoms with E-state index < -0.39 is 5.60 Å². The van der Waals surface area contributed by atoms with E-state index in [2.05, 4.69) is 10.6 Å². The van der Waals surface area contributed by atoms with E-state index in [0.29, 0.717) is 19.1 Å². The van der Waals surface area contributed by atoms with Crippen molar-refractivity contribution in [2.24, 2.45) is 0 Å². The minimum absolute atomic E-state index is 0.00577. The molecule has 0 aromatic carbocycles. The summed E-state index contributed by atoms with van der Waals surface area (Å²) in [6.07, 6.45) is 2.71. The Morgan fingerprint density at radius 3 is 2.52 bits per heavy atom. The molecule has 0 aromatic heterocycles. The van der Waals surface area contributed by atoms with Gasteiger partial charge in [0.1, 0.15) is 5.60 Å². The van der Waals surface area contributed by atoms with Crippen LogP contribution in [-0.4, -0.2) is 54.7 Å². The molecule has 6 nitrogen and oxygen atoms in total. The van der Waals surface area contributed by atoms with Gasteiger partial charge in [-0.1, -0.05) is 0 Å². The van der Waals surface area contributed by atoms with Gasteiger partial charge in [-0.25, -0.2) is 4.79 Å². The quantitative estimate of drug-likeness (QED) is 0.772. The van der Waals surface area contributed by atoms with Crippen LogP contribution in [0.2, 0.25) is 0 Å². The van der Waals surface area contributed by atoms with E-state index in [1.165, 1.54) is 6.92 Å². The van der Waals surface area contributed by atoms with Crippen molar-refractivity contribution in [1.29, 1.82) is 0 Å². The highest BCUT2D eigenvalue weighted by atomic mass is 16.6. The molecule has 1 rings (SSSR count). The lowest BCUT2D eigenvalue weighted by Gasteiger charge is -2.26. The number of ether oxygens (including phenoxy) is 1. The summed E-state index contributed by atoms with van der Waals surface area (Å²) in [5, 5.41) is 6.20. The highest BCUT2D eigenvalue weighted by Gasteiger charge is 2.24. The molecule has 1 unspecified atom stereocenters. The Labute approximate surface area is 127 Å². The molecule has 0 saturated carbocycles. The number of hydrogen-bond donors (Lipinski definition) is 2. The third kappa shape index (κ3) is 7.90. The molecular weight excluding hydrogens is 270 g/mol. The molecule has 0 bridgehead atoms. The van der Waals surface area contributed by atoms with Crippen LogP contribution < -0.4 is 10.6 Å². The van der Waals surface area contributed by atoms with E-state index in [1.807, 2.05) is 20.8 Å². The van der Waals surface area contributed by atoms with Gasteiger partial charge in [0.05, 0.1) is 0 Å². The van der Waals surface area contributed by atoms with Crippen LogP contribution in [0.5, 0.6) is 0 Å².